The summed E-state index contributed by atoms with van der Waals surface area (Å²) in [6.45, 7) is 0. The molecule has 0 amide bonds. The van der Waals surface area contributed by atoms with Gasteiger partial charge in [-0.1, -0.05) is 0 Å². The lowest BCUT2D eigenvalue weighted by molar-refractivity contribution is 0.628. The van der Waals surface area contributed by atoms with E-state index in [1.165, 1.54) is 18.3 Å². The van der Waals surface area contributed by atoms with E-state index < -0.39 is 0 Å². The molecule has 0 atom stereocenters. The van der Waals surface area contributed by atoms with Crippen molar-refractivity contribution in [2.24, 2.45) is 0 Å². The van der Waals surface area contributed by atoms with Crippen LogP contribution in [-0.4, -0.2) is 17.0 Å². The Bertz CT molecular complexity index is 484. The number of nitrogens with zero attached hydrogens (tertiary/aromatic N) is 3. The Morgan fingerprint density at radius 1 is 1.12 bits per heavy atom. The number of aromatic nitrogens is 2. The maximum atomic E-state index is 12.8. The van der Waals surface area contributed by atoms with Crippen LogP contribution in [0.25, 0.3) is 0 Å². The van der Waals surface area contributed by atoms with Gasteiger partial charge in [-0.05, 0) is 24.3 Å². The fourth-order valence-electron chi connectivity index (χ4n) is 1.39. The number of nitrogens with two attached hydrogens (primary N) is 1. The van der Waals surface area contributed by atoms with E-state index in [2.05, 4.69) is 9.97 Å². The molecule has 2 N–H and O–H groups in total. The molecule has 0 saturated heterocycles. The molecule has 2 aromatic rings. The number of hydrogen-bond donors (Lipinski definition) is 1. The fraction of sp³-hybridized carbons (Fsp3) is 0.0909. The van der Waals surface area contributed by atoms with E-state index in [0.717, 1.165) is 5.69 Å². The van der Waals surface area contributed by atoms with Crippen LogP contribution in [0.2, 0.25) is 0 Å². The maximum Gasteiger partial charge on any atom is 0.175 e. The van der Waals surface area contributed by atoms with Crippen molar-refractivity contribution in [3.63, 3.8) is 0 Å². The molecule has 1 heterocycles. The van der Waals surface area contributed by atoms with Gasteiger partial charge in [0.2, 0.25) is 0 Å². The summed E-state index contributed by atoms with van der Waals surface area (Å²) in [6, 6.07) is 6.09. The number of anilines is 3. The van der Waals surface area contributed by atoms with Gasteiger partial charge in [-0.25, -0.2) is 14.4 Å². The van der Waals surface area contributed by atoms with E-state index in [-0.39, 0.29) is 5.82 Å². The molecule has 0 aliphatic rings. The van der Waals surface area contributed by atoms with Gasteiger partial charge in [0.1, 0.15) is 5.82 Å². The Labute approximate surface area is 92.6 Å². The Morgan fingerprint density at radius 2 is 1.75 bits per heavy atom. The van der Waals surface area contributed by atoms with Crippen LogP contribution in [0.4, 0.5) is 21.7 Å². The zero-order valence-electron chi connectivity index (χ0n) is 8.76. The van der Waals surface area contributed by atoms with Crippen molar-refractivity contribution >= 4 is 17.3 Å². The summed E-state index contributed by atoms with van der Waals surface area (Å²) in [5.41, 5.74) is 6.50. The predicted octanol–water partition coefficient (Wildman–Crippen LogP) is 1.97. The number of halogens is 1. The zero-order valence-corrected chi connectivity index (χ0v) is 8.76. The molecule has 0 spiro atoms. The largest absolute Gasteiger partial charge is 0.381 e. The first-order valence-electron chi connectivity index (χ1n) is 4.74. The van der Waals surface area contributed by atoms with Crippen molar-refractivity contribution in [3.05, 3.63) is 42.5 Å². The van der Waals surface area contributed by atoms with E-state index in [4.69, 9.17) is 5.73 Å². The lowest BCUT2D eigenvalue weighted by Crippen LogP contribution is -2.13. The summed E-state index contributed by atoms with van der Waals surface area (Å²) in [5.74, 6) is 0.618. The first-order valence-corrected chi connectivity index (χ1v) is 4.74. The fourth-order valence-corrected chi connectivity index (χ4v) is 1.39. The smallest absolute Gasteiger partial charge is 0.175 e. The Hall–Kier alpha value is -2.17. The number of nitrogen functional groups attached to an aromatic ring is 1. The van der Waals surface area contributed by atoms with E-state index >= 15 is 0 Å². The number of rotatable bonds is 2. The Balaban J connectivity index is 2.35. The molecule has 16 heavy (non-hydrogen) atoms. The van der Waals surface area contributed by atoms with Gasteiger partial charge in [0.15, 0.2) is 11.6 Å². The Kier molecular flexibility index (Phi) is 2.68. The first-order chi connectivity index (χ1) is 7.68. The average molecular weight is 218 g/mol. The molecular formula is C11H11FN4. The SMILES string of the molecule is CN(c1ccc(F)cc1)c1nccnc1N. The molecule has 0 saturated carbocycles. The van der Waals surface area contributed by atoms with Crippen LogP contribution >= 0.6 is 0 Å². The van der Waals surface area contributed by atoms with Crippen LogP contribution in [0, 0.1) is 5.82 Å². The predicted molar refractivity (Wildman–Crippen MR) is 60.9 cm³/mol. The van der Waals surface area contributed by atoms with E-state index in [9.17, 15) is 4.39 Å². The van der Waals surface area contributed by atoms with Crippen molar-refractivity contribution in [2.75, 3.05) is 17.7 Å². The molecule has 1 aromatic carbocycles. The van der Waals surface area contributed by atoms with Crippen molar-refractivity contribution in [3.8, 4) is 0 Å². The van der Waals surface area contributed by atoms with Gasteiger partial charge in [0, 0.05) is 25.1 Å². The third-order valence-electron chi connectivity index (χ3n) is 2.24. The molecule has 0 unspecified atom stereocenters. The van der Waals surface area contributed by atoms with E-state index in [1.807, 2.05) is 0 Å². The van der Waals surface area contributed by atoms with Crippen molar-refractivity contribution < 1.29 is 4.39 Å². The van der Waals surface area contributed by atoms with Gasteiger partial charge in [-0.2, -0.15) is 0 Å². The third kappa shape index (κ3) is 1.93. The van der Waals surface area contributed by atoms with E-state index in [1.54, 1.807) is 30.3 Å². The molecule has 2 rings (SSSR count). The first kappa shape index (κ1) is 10.4. The second-order valence-corrected chi connectivity index (χ2v) is 3.30. The molecule has 0 bridgehead atoms. The van der Waals surface area contributed by atoms with E-state index in [0.29, 0.717) is 11.6 Å². The van der Waals surface area contributed by atoms with Crippen LogP contribution in [-0.2, 0) is 0 Å². The standard InChI is InChI=1S/C11H11FN4/c1-16(9-4-2-8(12)3-5-9)11-10(13)14-6-7-15-11/h2-7H,1H3,(H2,13,14). The quantitative estimate of drug-likeness (QED) is 0.837. The van der Waals surface area contributed by atoms with Gasteiger partial charge in [0.05, 0.1) is 0 Å². The monoisotopic (exact) mass is 218 g/mol. The minimum absolute atomic E-state index is 0.274. The second-order valence-electron chi connectivity index (χ2n) is 3.30. The van der Waals surface area contributed by atoms with Crippen molar-refractivity contribution in [1.29, 1.82) is 0 Å². The van der Waals surface area contributed by atoms with Gasteiger partial charge in [-0.15, -0.1) is 0 Å². The molecule has 4 nitrogen and oxygen atoms in total. The van der Waals surface area contributed by atoms with Crippen LogP contribution in [0.3, 0.4) is 0 Å². The van der Waals surface area contributed by atoms with Gasteiger partial charge >= 0.3 is 0 Å². The highest BCUT2D eigenvalue weighted by Gasteiger charge is 2.09. The summed E-state index contributed by atoms with van der Waals surface area (Å²) in [6.07, 6.45) is 3.09. The molecule has 5 heteroatoms. The highest BCUT2D eigenvalue weighted by molar-refractivity contribution is 5.67. The summed E-state index contributed by atoms with van der Waals surface area (Å²) in [5, 5.41) is 0. The Morgan fingerprint density at radius 3 is 2.38 bits per heavy atom. The molecule has 0 aliphatic heterocycles. The average Bonchev–Trinajstić information content (AvgIpc) is 2.30. The van der Waals surface area contributed by atoms with Crippen molar-refractivity contribution in [2.45, 2.75) is 0 Å². The summed E-state index contributed by atoms with van der Waals surface area (Å²) >= 11 is 0. The van der Waals surface area contributed by atoms with Crippen LogP contribution in [0.1, 0.15) is 0 Å². The number of hydrogen-bond acceptors (Lipinski definition) is 4. The summed E-state index contributed by atoms with van der Waals surface area (Å²) in [7, 11) is 1.80. The molecule has 1 aromatic heterocycles. The van der Waals surface area contributed by atoms with Crippen LogP contribution in [0.15, 0.2) is 36.7 Å². The minimum Gasteiger partial charge on any atom is -0.381 e. The van der Waals surface area contributed by atoms with Crippen molar-refractivity contribution in [1.82, 2.24) is 9.97 Å². The van der Waals surface area contributed by atoms with Crippen LogP contribution in [0.5, 0.6) is 0 Å². The van der Waals surface area contributed by atoms with Crippen LogP contribution < -0.4 is 10.6 Å². The topological polar surface area (TPSA) is 55.0 Å². The normalized spacial score (nSPS) is 10.1. The highest BCUT2D eigenvalue weighted by Crippen LogP contribution is 2.24. The van der Waals surface area contributed by atoms with Gasteiger partial charge in [-0.3, -0.25) is 0 Å². The minimum atomic E-state index is -0.274. The second kappa shape index (κ2) is 4.14. The zero-order chi connectivity index (χ0) is 11.5. The molecule has 0 radical (unpaired) electrons. The lowest BCUT2D eigenvalue weighted by atomic mass is 10.3. The molecule has 0 fully saturated rings. The third-order valence-corrected chi connectivity index (χ3v) is 2.24. The highest BCUT2D eigenvalue weighted by atomic mass is 19.1. The molecule has 0 aliphatic carbocycles. The van der Waals surface area contributed by atoms with Gasteiger partial charge in [0.25, 0.3) is 0 Å². The molecular weight excluding hydrogens is 207 g/mol. The number of benzene rings is 1. The van der Waals surface area contributed by atoms with Gasteiger partial charge < -0.3 is 10.6 Å². The maximum absolute atomic E-state index is 12.8. The summed E-state index contributed by atoms with van der Waals surface area (Å²) in [4.78, 5) is 9.82. The lowest BCUT2D eigenvalue weighted by Gasteiger charge is -2.18. The summed E-state index contributed by atoms with van der Waals surface area (Å²) < 4.78 is 12.8. The molecule has 82 valence electrons.